The number of amides is 2. The second kappa shape index (κ2) is 7.79. The van der Waals surface area contributed by atoms with Gasteiger partial charge in [-0.3, -0.25) is 0 Å². The molecule has 0 aliphatic carbocycles. The summed E-state index contributed by atoms with van der Waals surface area (Å²) in [7, 11) is 0. The Bertz CT molecular complexity index is 744. The number of benzene rings is 2. The number of carbonyl (C=O) groups is 1. The third-order valence-electron chi connectivity index (χ3n) is 3.86. The van der Waals surface area contributed by atoms with E-state index in [0.29, 0.717) is 5.75 Å². The maximum absolute atomic E-state index is 12.1. The summed E-state index contributed by atoms with van der Waals surface area (Å²) in [6.45, 7) is 10.3. The molecular formula is C20H25ClN2O2. The first-order valence-corrected chi connectivity index (χ1v) is 8.60. The van der Waals surface area contributed by atoms with E-state index in [1.165, 1.54) is 0 Å². The Kier molecular flexibility index (Phi) is 5.96. The molecule has 0 aliphatic heterocycles. The SMILES string of the molecule is Cc1cc(OCNC(=O)Nc2ccccc2C(C)(C)C)cc(C)c1Cl. The maximum atomic E-state index is 12.1. The van der Waals surface area contributed by atoms with Crippen LogP contribution in [0, 0.1) is 13.8 Å². The molecule has 25 heavy (non-hydrogen) atoms. The van der Waals surface area contributed by atoms with Crippen molar-refractivity contribution in [3.05, 3.63) is 58.1 Å². The van der Waals surface area contributed by atoms with Gasteiger partial charge < -0.3 is 15.4 Å². The molecule has 0 aliphatic rings. The summed E-state index contributed by atoms with van der Waals surface area (Å²) in [5, 5.41) is 6.32. The number of urea groups is 1. The predicted octanol–water partition coefficient (Wildman–Crippen LogP) is 5.41. The molecule has 4 nitrogen and oxygen atoms in total. The zero-order valence-corrected chi connectivity index (χ0v) is 16.1. The van der Waals surface area contributed by atoms with Crippen LogP contribution in [0.4, 0.5) is 10.5 Å². The fourth-order valence-corrected chi connectivity index (χ4v) is 2.70. The summed E-state index contributed by atoms with van der Waals surface area (Å²) in [6, 6.07) is 11.2. The van der Waals surface area contributed by atoms with Crippen molar-refractivity contribution in [1.82, 2.24) is 5.32 Å². The fraction of sp³-hybridized carbons (Fsp3) is 0.350. The van der Waals surface area contributed by atoms with Crippen LogP contribution in [0.5, 0.6) is 5.75 Å². The molecule has 0 unspecified atom stereocenters. The Morgan fingerprint density at radius 3 is 2.32 bits per heavy atom. The Hall–Kier alpha value is -2.20. The summed E-state index contributed by atoms with van der Waals surface area (Å²) < 4.78 is 5.60. The quantitative estimate of drug-likeness (QED) is 0.716. The molecule has 2 N–H and O–H groups in total. The van der Waals surface area contributed by atoms with Gasteiger partial charge in [0.05, 0.1) is 0 Å². The highest BCUT2D eigenvalue weighted by Gasteiger charge is 2.18. The highest BCUT2D eigenvalue weighted by atomic mass is 35.5. The van der Waals surface area contributed by atoms with E-state index < -0.39 is 0 Å². The fourth-order valence-electron chi connectivity index (χ4n) is 2.59. The highest BCUT2D eigenvalue weighted by Crippen LogP contribution is 2.29. The molecule has 2 aromatic rings. The molecule has 0 heterocycles. The lowest BCUT2D eigenvalue weighted by Gasteiger charge is -2.23. The normalized spacial score (nSPS) is 11.1. The molecule has 0 atom stereocenters. The van der Waals surface area contributed by atoms with Crippen molar-refractivity contribution in [3.8, 4) is 5.75 Å². The molecule has 0 aromatic heterocycles. The molecule has 2 aromatic carbocycles. The average molecular weight is 361 g/mol. The second-order valence-electron chi connectivity index (χ2n) is 7.09. The van der Waals surface area contributed by atoms with Gasteiger partial charge in [-0.05, 0) is 54.2 Å². The molecule has 0 bridgehead atoms. The van der Waals surface area contributed by atoms with Gasteiger partial charge in [-0.1, -0.05) is 50.6 Å². The van der Waals surface area contributed by atoms with E-state index in [0.717, 1.165) is 27.4 Å². The molecule has 0 saturated heterocycles. The molecule has 0 radical (unpaired) electrons. The van der Waals surface area contributed by atoms with E-state index in [9.17, 15) is 4.79 Å². The topological polar surface area (TPSA) is 50.4 Å². The van der Waals surface area contributed by atoms with E-state index >= 15 is 0 Å². The predicted molar refractivity (Wildman–Crippen MR) is 104 cm³/mol. The standard InChI is InChI=1S/C20H25ClN2O2/c1-13-10-15(11-14(2)18(13)21)25-12-22-19(24)23-17-9-7-6-8-16(17)20(3,4)5/h6-11H,12H2,1-5H3,(H2,22,23,24). The maximum Gasteiger partial charge on any atom is 0.321 e. The number of rotatable bonds is 4. The van der Waals surface area contributed by atoms with Gasteiger partial charge in [-0.2, -0.15) is 0 Å². The van der Waals surface area contributed by atoms with Crippen molar-refractivity contribution in [3.63, 3.8) is 0 Å². The van der Waals surface area contributed by atoms with Gasteiger partial charge in [-0.25, -0.2) is 4.79 Å². The molecule has 2 amide bonds. The summed E-state index contributed by atoms with van der Waals surface area (Å²) in [4.78, 5) is 12.1. The van der Waals surface area contributed by atoms with E-state index in [1.807, 2.05) is 50.2 Å². The van der Waals surface area contributed by atoms with Crippen molar-refractivity contribution in [2.75, 3.05) is 12.0 Å². The van der Waals surface area contributed by atoms with E-state index in [-0.39, 0.29) is 18.2 Å². The minimum absolute atomic E-state index is 0.0568. The third-order valence-corrected chi connectivity index (χ3v) is 4.46. The van der Waals surface area contributed by atoms with Gasteiger partial charge in [0.1, 0.15) is 5.75 Å². The number of nitrogens with one attached hydrogen (secondary N) is 2. The Balaban J connectivity index is 1.94. The van der Waals surface area contributed by atoms with Crippen LogP contribution in [0.1, 0.15) is 37.5 Å². The minimum atomic E-state index is -0.306. The smallest absolute Gasteiger partial charge is 0.321 e. The number of aryl methyl sites for hydroxylation is 2. The molecule has 134 valence electrons. The molecular weight excluding hydrogens is 336 g/mol. The lowest BCUT2D eigenvalue weighted by Crippen LogP contribution is -2.32. The molecule has 0 spiro atoms. The van der Waals surface area contributed by atoms with Crippen molar-refractivity contribution < 1.29 is 9.53 Å². The molecule has 0 saturated carbocycles. The van der Waals surface area contributed by atoms with Gasteiger partial charge in [0.2, 0.25) is 0 Å². The third kappa shape index (κ3) is 5.13. The first kappa shape index (κ1) is 19.1. The summed E-state index contributed by atoms with van der Waals surface area (Å²) in [5.74, 6) is 0.676. The lowest BCUT2D eigenvalue weighted by molar-refractivity contribution is 0.234. The zero-order valence-electron chi connectivity index (χ0n) is 15.4. The number of para-hydroxylation sites is 1. The van der Waals surface area contributed by atoms with Crippen molar-refractivity contribution >= 4 is 23.3 Å². The van der Waals surface area contributed by atoms with Crippen molar-refractivity contribution in [2.24, 2.45) is 0 Å². The number of anilines is 1. The van der Waals surface area contributed by atoms with Gasteiger partial charge >= 0.3 is 6.03 Å². The molecule has 0 fully saturated rings. The molecule has 5 heteroatoms. The Morgan fingerprint density at radius 2 is 1.72 bits per heavy atom. The number of halogens is 1. The van der Waals surface area contributed by atoms with Gasteiger partial charge in [0.15, 0.2) is 6.73 Å². The van der Waals surface area contributed by atoms with E-state index in [4.69, 9.17) is 16.3 Å². The second-order valence-corrected chi connectivity index (χ2v) is 7.46. The van der Waals surface area contributed by atoms with Gasteiger partial charge in [0, 0.05) is 10.7 Å². The molecule has 2 rings (SSSR count). The number of carbonyl (C=O) groups excluding carboxylic acids is 1. The van der Waals surface area contributed by atoms with Crippen LogP contribution in [0.3, 0.4) is 0 Å². The average Bonchev–Trinajstić information content (AvgIpc) is 2.52. The minimum Gasteiger partial charge on any atom is -0.473 e. The van der Waals surface area contributed by atoms with Crippen LogP contribution < -0.4 is 15.4 Å². The Morgan fingerprint density at radius 1 is 1.12 bits per heavy atom. The van der Waals surface area contributed by atoms with E-state index in [2.05, 4.69) is 31.4 Å². The monoisotopic (exact) mass is 360 g/mol. The Labute approximate surface area is 154 Å². The van der Waals surface area contributed by atoms with Crippen molar-refractivity contribution in [1.29, 1.82) is 0 Å². The van der Waals surface area contributed by atoms with E-state index in [1.54, 1.807) is 0 Å². The zero-order chi connectivity index (χ0) is 18.6. The highest BCUT2D eigenvalue weighted by molar-refractivity contribution is 6.32. The first-order valence-electron chi connectivity index (χ1n) is 8.22. The van der Waals surface area contributed by atoms with Crippen LogP contribution in [0.2, 0.25) is 5.02 Å². The van der Waals surface area contributed by atoms with Crippen LogP contribution in [-0.4, -0.2) is 12.8 Å². The largest absolute Gasteiger partial charge is 0.473 e. The summed E-state index contributed by atoms with van der Waals surface area (Å²) >= 11 is 6.14. The van der Waals surface area contributed by atoms with Gasteiger partial charge in [0.25, 0.3) is 0 Å². The number of hydrogen-bond acceptors (Lipinski definition) is 2. The van der Waals surface area contributed by atoms with Crippen LogP contribution in [0.15, 0.2) is 36.4 Å². The van der Waals surface area contributed by atoms with Gasteiger partial charge in [-0.15, -0.1) is 0 Å². The number of hydrogen-bond donors (Lipinski definition) is 2. The summed E-state index contributed by atoms with van der Waals surface area (Å²) in [6.07, 6.45) is 0. The van der Waals surface area contributed by atoms with Crippen LogP contribution >= 0.6 is 11.6 Å². The van der Waals surface area contributed by atoms with Crippen LogP contribution in [0.25, 0.3) is 0 Å². The lowest BCUT2D eigenvalue weighted by atomic mass is 9.86. The first-order chi connectivity index (χ1) is 11.7. The van der Waals surface area contributed by atoms with Crippen LogP contribution in [-0.2, 0) is 5.41 Å². The van der Waals surface area contributed by atoms with Crippen molar-refractivity contribution in [2.45, 2.75) is 40.0 Å². The summed E-state index contributed by atoms with van der Waals surface area (Å²) in [5.41, 5.74) is 3.71. The number of ether oxygens (including phenoxy) is 1.